The third-order valence-electron chi connectivity index (χ3n) is 3.24. The fourth-order valence-corrected chi connectivity index (χ4v) is 2.19. The number of hydrogen-bond acceptors (Lipinski definition) is 3. The quantitative estimate of drug-likeness (QED) is 0.767. The van der Waals surface area contributed by atoms with Gasteiger partial charge in [-0.15, -0.1) is 0 Å². The van der Waals surface area contributed by atoms with Crippen molar-refractivity contribution in [3.05, 3.63) is 66.7 Å². The van der Waals surface area contributed by atoms with Gasteiger partial charge >= 0.3 is 0 Å². The van der Waals surface area contributed by atoms with E-state index >= 15 is 0 Å². The first kappa shape index (κ1) is 11.7. The molecule has 94 valence electrons. The van der Waals surface area contributed by atoms with E-state index in [-0.39, 0.29) is 6.04 Å². The molecule has 1 N–H and O–H groups in total. The van der Waals surface area contributed by atoms with Crippen LogP contribution in [0.3, 0.4) is 0 Å². The van der Waals surface area contributed by atoms with Crippen molar-refractivity contribution in [2.45, 2.75) is 13.0 Å². The van der Waals surface area contributed by atoms with Crippen LogP contribution in [0.4, 0.5) is 5.69 Å². The molecule has 1 unspecified atom stereocenters. The van der Waals surface area contributed by atoms with Crippen molar-refractivity contribution in [3.8, 4) is 0 Å². The molecular formula is C16H15N3. The summed E-state index contributed by atoms with van der Waals surface area (Å²) in [5, 5.41) is 5.85. The van der Waals surface area contributed by atoms with Crippen LogP contribution in [-0.2, 0) is 0 Å². The Hall–Kier alpha value is -2.42. The predicted octanol–water partition coefficient (Wildman–Crippen LogP) is 3.80. The minimum Gasteiger partial charge on any atom is -0.378 e. The van der Waals surface area contributed by atoms with Gasteiger partial charge in [-0.25, -0.2) is 0 Å². The summed E-state index contributed by atoms with van der Waals surface area (Å²) in [7, 11) is 0. The summed E-state index contributed by atoms with van der Waals surface area (Å²) in [4.78, 5) is 8.36. The van der Waals surface area contributed by atoms with Crippen LogP contribution in [0.1, 0.15) is 18.5 Å². The van der Waals surface area contributed by atoms with Crippen LogP contribution in [0.15, 0.2) is 61.2 Å². The first-order chi connectivity index (χ1) is 9.34. The highest BCUT2D eigenvalue weighted by Gasteiger charge is 2.07. The molecule has 3 nitrogen and oxygen atoms in total. The molecule has 3 heteroatoms. The molecule has 1 atom stereocenters. The van der Waals surface area contributed by atoms with Crippen LogP contribution in [-0.4, -0.2) is 9.97 Å². The first-order valence-corrected chi connectivity index (χ1v) is 6.34. The van der Waals surface area contributed by atoms with Crippen molar-refractivity contribution in [1.29, 1.82) is 0 Å². The average molecular weight is 249 g/mol. The summed E-state index contributed by atoms with van der Waals surface area (Å²) in [6.45, 7) is 2.13. The Bertz CT molecular complexity index is 674. The molecular weight excluding hydrogens is 234 g/mol. The highest BCUT2D eigenvalue weighted by atomic mass is 14.9. The van der Waals surface area contributed by atoms with E-state index in [9.17, 15) is 0 Å². The SMILES string of the molecule is CC(Nc1cccc2ccncc12)c1cccnc1. The number of aromatic nitrogens is 2. The van der Waals surface area contributed by atoms with Gasteiger partial charge in [-0.3, -0.25) is 9.97 Å². The van der Waals surface area contributed by atoms with Crippen molar-refractivity contribution in [2.75, 3.05) is 5.32 Å². The molecule has 0 spiro atoms. The molecule has 0 aliphatic carbocycles. The topological polar surface area (TPSA) is 37.8 Å². The van der Waals surface area contributed by atoms with E-state index < -0.39 is 0 Å². The highest BCUT2D eigenvalue weighted by molar-refractivity contribution is 5.93. The standard InChI is InChI=1S/C16H15N3/c1-12(14-5-3-8-17-10-14)19-16-6-2-4-13-7-9-18-11-15(13)16/h2-12,19H,1H3. The number of fused-ring (bicyclic) bond motifs is 1. The number of anilines is 1. The lowest BCUT2D eigenvalue weighted by Crippen LogP contribution is -2.07. The third kappa shape index (κ3) is 2.40. The molecule has 1 aromatic carbocycles. The van der Waals surface area contributed by atoms with E-state index in [1.54, 1.807) is 6.20 Å². The van der Waals surface area contributed by atoms with Gasteiger partial charge in [0.05, 0.1) is 6.04 Å². The van der Waals surface area contributed by atoms with Crippen molar-refractivity contribution >= 4 is 16.5 Å². The van der Waals surface area contributed by atoms with Gasteiger partial charge < -0.3 is 5.32 Å². The summed E-state index contributed by atoms with van der Waals surface area (Å²) in [6, 6.07) is 12.5. The molecule has 19 heavy (non-hydrogen) atoms. The fraction of sp³-hybridized carbons (Fsp3) is 0.125. The second-order valence-corrected chi connectivity index (χ2v) is 4.55. The number of pyridine rings is 2. The number of benzene rings is 1. The molecule has 3 aromatic rings. The Kier molecular flexibility index (Phi) is 3.11. The molecule has 0 bridgehead atoms. The largest absolute Gasteiger partial charge is 0.378 e. The first-order valence-electron chi connectivity index (χ1n) is 6.34. The highest BCUT2D eigenvalue weighted by Crippen LogP contribution is 2.25. The third-order valence-corrected chi connectivity index (χ3v) is 3.24. The Labute approximate surface area is 112 Å². The number of nitrogens with zero attached hydrogens (tertiary/aromatic N) is 2. The Balaban J connectivity index is 1.94. The van der Waals surface area contributed by atoms with E-state index in [4.69, 9.17) is 0 Å². The van der Waals surface area contributed by atoms with Crippen molar-refractivity contribution in [3.63, 3.8) is 0 Å². The number of nitrogens with one attached hydrogen (secondary N) is 1. The predicted molar refractivity (Wildman–Crippen MR) is 78.0 cm³/mol. The monoisotopic (exact) mass is 249 g/mol. The molecule has 2 aromatic heterocycles. The molecule has 0 aliphatic heterocycles. The fourth-order valence-electron chi connectivity index (χ4n) is 2.19. The van der Waals surface area contributed by atoms with E-state index in [2.05, 4.69) is 46.5 Å². The van der Waals surface area contributed by atoms with Crippen molar-refractivity contribution in [2.24, 2.45) is 0 Å². The van der Waals surface area contributed by atoms with Gasteiger partial charge in [-0.2, -0.15) is 0 Å². The Morgan fingerprint density at radius 2 is 1.84 bits per heavy atom. The van der Waals surface area contributed by atoms with Gasteiger partial charge in [0.2, 0.25) is 0 Å². The van der Waals surface area contributed by atoms with Crippen LogP contribution in [0.25, 0.3) is 10.8 Å². The van der Waals surface area contributed by atoms with Crippen LogP contribution in [0.5, 0.6) is 0 Å². The van der Waals surface area contributed by atoms with Crippen LogP contribution in [0, 0.1) is 0 Å². The lowest BCUT2D eigenvalue weighted by Gasteiger charge is -2.16. The second kappa shape index (κ2) is 5.06. The smallest absolute Gasteiger partial charge is 0.0501 e. The zero-order valence-corrected chi connectivity index (χ0v) is 10.7. The molecule has 0 saturated carbocycles. The molecule has 3 rings (SSSR count). The average Bonchev–Trinajstić information content (AvgIpc) is 2.48. The van der Waals surface area contributed by atoms with Gasteiger partial charge in [0, 0.05) is 35.9 Å². The summed E-state index contributed by atoms with van der Waals surface area (Å²) < 4.78 is 0. The minimum atomic E-state index is 0.208. The minimum absolute atomic E-state index is 0.208. The molecule has 2 heterocycles. The van der Waals surface area contributed by atoms with E-state index in [0.29, 0.717) is 0 Å². The maximum absolute atomic E-state index is 4.20. The lowest BCUT2D eigenvalue weighted by atomic mass is 10.1. The van der Waals surface area contributed by atoms with Crippen molar-refractivity contribution < 1.29 is 0 Å². The van der Waals surface area contributed by atoms with Crippen LogP contribution in [0.2, 0.25) is 0 Å². The summed E-state index contributed by atoms with van der Waals surface area (Å²) >= 11 is 0. The van der Waals surface area contributed by atoms with Crippen LogP contribution < -0.4 is 5.32 Å². The van der Waals surface area contributed by atoms with E-state index in [0.717, 1.165) is 11.1 Å². The van der Waals surface area contributed by atoms with Gasteiger partial charge in [0.25, 0.3) is 0 Å². The van der Waals surface area contributed by atoms with Gasteiger partial charge in [-0.05, 0) is 36.1 Å². The molecule has 0 aliphatic rings. The molecule has 0 radical (unpaired) electrons. The van der Waals surface area contributed by atoms with Gasteiger partial charge in [-0.1, -0.05) is 18.2 Å². The second-order valence-electron chi connectivity index (χ2n) is 4.55. The lowest BCUT2D eigenvalue weighted by molar-refractivity contribution is 0.877. The van der Waals surface area contributed by atoms with E-state index in [1.165, 1.54) is 10.9 Å². The Morgan fingerprint density at radius 3 is 2.68 bits per heavy atom. The Morgan fingerprint density at radius 1 is 0.947 bits per heavy atom. The summed E-state index contributed by atoms with van der Waals surface area (Å²) in [5.41, 5.74) is 2.27. The summed E-state index contributed by atoms with van der Waals surface area (Å²) in [5.74, 6) is 0. The maximum Gasteiger partial charge on any atom is 0.0501 e. The maximum atomic E-state index is 4.20. The summed E-state index contributed by atoms with van der Waals surface area (Å²) in [6.07, 6.45) is 7.39. The van der Waals surface area contributed by atoms with Crippen molar-refractivity contribution in [1.82, 2.24) is 9.97 Å². The van der Waals surface area contributed by atoms with Gasteiger partial charge in [0.15, 0.2) is 0 Å². The number of rotatable bonds is 3. The zero-order valence-electron chi connectivity index (χ0n) is 10.7. The normalized spacial score (nSPS) is 12.3. The van der Waals surface area contributed by atoms with E-state index in [1.807, 2.05) is 30.7 Å². The molecule has 0 fully saturated rings. The van der Waals surface area contributed by atoms with Crippen LogP contribution >= 0.6 is 0 Å². The van der Waals surface area contributed by atoms with Gasteiger partial charge in [0.1, 0.15) is 0 Å². The molecule has 0 amide bonds. The zero-order chi connectivity index (χ0) is 13.1. The number of hydrogen-bond donors (Lipinski definition) is 1. The molecule has 0 saturated heterocycles.